The van der Waals surface area contributed by atoms with Crippen LogP contribution in [-0.2, 0) is 17.8 Å². The molecule has 0 saturated carbocycles. The number of fused-ring (bicyclic) bond motifs is 1. The van der Waals surface area contributed by atoms with E-state index in [0.717, 1.165) is 42.0 Å². The van der Waals surface area contributed by atoms with Gasteiger partial charge in [-0.2, -0.15) is 0 Å². The number of hydrogen-bond acceptors (Lipinski definition) is 4. The largest absolute Gasteiger partial charge is 0.376 e. The monoisotopic (exact) mass is 303 g/mol. The lowest BCUT2D eigenvalue weighted by molar-refractivity contribution is 0.109. The summed E-state index contributed by atoms with van der Waals surface area (Å²) in [5.41, 5.74) is 3.00. The smallest absolute Gasteiger partial charge is 0.163 e. The van der Waals surface area contributed by atoms with Gasteiger partial charge in [0.2, 0.25) is 0 Å². The maximum Gasteiger partial charge on any atom is 0.163 e. The fourth-order valence-corrected chi connectivity index (χ4v) is 2.60. The highest BCUT2D eigenvalue weighted by molar-refractivity contribution is 6.33. The number of rotatable bonds is 4. The van der Waals surface area contributed by atoms with E-state index in [1.54, 1.807) is 0 Å². The lowest BCUT2D eigenvalue weighted by Gasteiger charge is -2.20. The molecular formula is C16H18ClN3O. The summed E-state index contributed by atoms with van der Waals surface area (Å²) in [6, 6.07) is 7.68. The van der Waals surface area contributed by atoms with Gasteiger partial charge in [0.05, 0.1) is 23.9 Å². The van der Waals surface area contributed by atoms with Crippen LogP contribution in [0.4, 0.5) is 5.82 Å². The van der Waals surface area contributed by atoms with Crippen molar-refractivity contribution in [3.8, 4) is 11.4 Å². The van der Waals surface area contributed by atoms with Crippen LogP contribution in [0, 0.1) is 0 Å². The number of nitrogens with zero attached hydrogens (tertiary/aromatic N) is 2. The van der Waals surface area contributed by atoms with Crippen LogP contribution < -0.4 is 5.32 Å². The summed E-state index contributed by atoms with van der Waals surface area (Å²) in [7, 11) is 0. The Bertz CT molecular complexity index is 645. The van der Waals surface area contributed by atoms with Crippen molar-refractivity contribution in [1.82, 2.24) is 9.97 Å². The molecule has 110 valence electrons. The van der Waals surface area contributed by atoms with Gasteiger partial charge < -0.3 is 10.1 Å². The SMILES string of the molecule is CCCNc1nc(-c2ccccc2Cl)nc2c1COCC2. The predicted molar refractivity (Wildman–Crippen MR) is 84.6 cm³/mol. The van der Waals surface area contributed by atoms with Crippen molar-refractivity contribution in [2.24, 2.45) is 0 Å². The average molecular weight is 304 g/mol. The van der Waals surface area contributed by atoms with Crippen LogP contribution in [0.2, 0.25) is 5.02 Å². The Morgan fingerprint density at radius 2 is 2.14 bits per heavy atom. The van der Waals surface area contributed by atoms with Crippen molar-refractivity contribution >= 4 is 17.4 Å². The normalized spacial score (nSPS) is 13.8. The molecule has 1 aliphatic rings. The number of hydrogen-bond donors (Lipinski definition) is 1. The second kappa shape index (κ2) is 6.41. The average Bonchev–Trinajstić information content (AvgIpc) is 2.53. The molecule has 5 heteroatoms. The van der Waals surface area contributed by atoms with Gasteiger partial charge in [-0.25, -0.2) is 9.97 Å². The van der Waals surface area contributed by atoms with E-state index in [0.29, 0.717) is 24.1 Å². The topological polar surface area (TPSA) is 47.0 Å². The van der Waals surface area contributed by atoms with Crippen LogP contribution in [0.3, 0.4) is 0 Å². The molecule has 0 unspecified atom stereocenters. The first-order valence-corrected chi connectivity index (χ1v) is 7.63. The molecule has 2 heterocycles. The minimum atomic E-state index is 0.574. The van der Waals surface area contributed by atoms with Gasteiger partial charge in [0.1, 0.15) is 5.82 Å². The minimum absolute atomic E-state index is 0.574. The van der Waals surface area contributed by atoms with Crippen molar-refractivity contribution in [1.29, 1.82) is 0 Å². The molecule has 2 aromatic rings. The van der Waals surface area contributed by atoms with Crippen molar-refractivity contribution in [3.63, 3.8) is 0 Å². The van der Waals surface area contributed by atoms with Gasteiger partial charge in [-0.05, 0) is 18.6 Å². The fraction of sp³-hybridized carbons (Fsp3) is 0.375. The molecule has 0 spiro atoms. The molecule has 0 radical (unpaired) electrons. The summed E-state index contributed by atoms with van der Waals surface area (Å²) in [5.74, 6) is 1.55. The number of aromatic nitrogens is 2. The van der Waals surface area contributed by atoms with E-state index in [-0.39, 0.29) is 0 Å². The number of halogens is 1. The van der Waals surface area contributed by atoms with Gasteiger partial charge in [-0.1, -0.05) is 30.7 Å². The molecule has 3 rings (SSSR count). The molecule has 21 heavy (non-hydrogen) atoms. The van der Waals surface area contributed by atoms with E-state index in [9.17, 15) is 0 Å². The molecule has 0 bridgehead atoms. The third kappa shape index (κ3) is 3.01. The molecule has 0 aliphatic carbocycles. The first kappa shape index (κ1) is 14.3. The third-order valence-electron chi connectivity index (χ3n) is 3.48. The molecule has 1 aromatic carbocycles. The van der Waals surface area contributed by atoms with Gasteiger partial charge >= 0.3 is 0 Å². The summed E-state index contributed by atoms with van der Waals surface area (Å²) >= 11 is 6.27. The lowest BCUT2D eigenvalue weighted by atomic mass is 10.1. The summed E-state index contributed by atoms with van der Waals surface area (Å²) < 4.78 is 5.54. The number of nitrogens with one attached hydrogen (secondary N) is 1. The van der Waals surface area contributed by atoms with Crippen molar-refractivity contribution in [2.45, 2.75) is 26.4 Å². The highest BCUT2D eigenvalue weighted by Gasteiger charge is 2.19. The second-order valence-corrected chi connectivity index (χ2v) is 5.44. The number of ether oxygens (including phenoxy) is 1. The van der Waals surface area contributed by atoms with Crippen LogP contribution >= 0.6 is 11.6 Å². The van der Waals surface area contributed by atoms with E-state index in [2.05, 4.69) is 17.2 Å². The summed E-state index contributed by atoms with van der Waals surface area (Å²) in [6.07, 6.45) is 1.86. The highest BCUT2D eigenvalue weighted by Crippen LogP contribution is 2.29. The predicted octanol–water partition coefficient (Wildman–Crippen LogP) is 3.69. The summed E-state index contributed by atoms with van der Waals surface area (Å²) in [5, 5.41) is 4.05. The van der Waals surface area contributed by atoms with E-state index in [1.165, 1.54) is 0 Å². The van der Waals surface area contributed by atoms with Crippen LogP contribution in [-0.4, -0.2) is 23.1 Å². The second-order valence-electron chi connectivity index (χ2n) is 5.03. The molecule has 0 amide bonds. The minimum Gasteiger partial charge on any atom is -0.376 e. The van der Waals surface area contributed by atoms with Crippen molar-refractivity contribution in [2.75, 3.05) is 18.5 Å². The molecule has 0 saturated heterocycles. The molecule has 1 N–H and O–H groups in total. The molecule has 1 aliphatic heterocycles. The molecule has 0 fully saturated rings. The maximum absolute atomic E-state index is 6.27. The molecule has 1 aromatic heterocycles. The number of benzene rings is 1. The Morgan fingerprint density at radius 3 is 2.95 bits per heavy atom. The summed E-state index contributed by atoms with van der Waals surface area (Å²) in [4.78, 5) is 9.37. The van der Waals surface area contributed by atoms with E-state index in [1.807, 2.05) is 24.3 Å². The van der Waals surface area contributed by atoms with Gasteiger partial charge in [-0.3, -0.25) is 0 Å². The Morgan fingerprint density at radius 1 is 1.29 bits per heavy atom. The van der Waals surface area contributed by atoms with Crippen molar-refractivity contribution < 1.29 is 4.74 Å². The zero-order chi connectivity index (χ0) is 14.7. The standard InChI is InChI=1S/C16H18ClN3O/c1-2-8-18-15-12-10-21-9-7-14(12)19-16(20-15)11-5-3-4-6-13(11)17/h3-6H,2,7-10H2,1H3,(H,18,19,20). The van der Waals surface area contributed by atoms with E-state index >= 15 is 0 Å². The van der Waals surface area contributed by atoms with Crippen LogP contribution in [0.5, 0.6) is 0 Å². The van der Waals surface area contributed by atoms with Gasteiger partial charge in [0.25, 0.3) is 0 Å². The summed E-state index contributed by atoms with van der Waals surface area (Å²) in [6.45, 7) is 4.29. The lowest BCUT2D eigenvalue weighted by Crippen LogP contribution is -2.17. The first-order valence-electron chi connectivity index (χ1n) is 7.26. The number of anilines is 1. The van der Waals surface area contributed by atoms with Crippen LogP contribution in [0.15, 0.2) is 24.3 Å². The molecule has 0 atom stereocenters. The Kier molecular flexibility index (Phi) is 4.36. The van der Waals surface area contributed by atoms with Crippen LogP contribution in [0.1, 0.15) is 24.6 Å². The van der Waals surface area contributed by atoms with Crippen LogP contribution in [0.25, 0.3) is 11.4 Å². The quantitative estimate of drug-likeness (QED) is 0.935. The highest BCUT2D eigenvalue weighted by atomic mass is 35.5. The van der Waals surface area contributed by atoms with E-state index in [4.69, 9.17) is 21.3 Å². The Hall–Kier alpha value is -1.65. The zero-order valence-electron chi connectivity index (χ0n) is 12.0. The maximum atomic E-state index is 6.27. The molecular weight excluding hydrogens is 286 g/mol. The first-order chi connectivity index (χ1) is 10.3. The fourth-order valence-electron chi connectivity index (χ4n) is 2.38. The van der Waals surface area contributed by atoms with Gasteiger partial charge in [0.15, 0.2) is 5.82 Å². The van der Waals surface area contributed by atoms with Crippen molar-refractivity contribution in [3.05, 3.63) is 40.5 Å². The zero-order valence-corrected chi connectivity index (χ0v) is 12.8. The molecule has 4 nitrogen and oxygen atoms in total. The Balaban J connectivity index is 2.07. The van der Waals surface area contributed by atoms with E-state index < -0.39 is 0 Å². The Labute approximate surface area is 129 Å². The van der Waals surface area contributed by atoms with Gasteiger partial charge in [0, 0.05) is 24.1 Å². The third-order valence-corrected chi connectivity index (χ3v) is 3.81. The van der Waals surface area contributed by atoms with Gasteiger partial charge in [-0.15, -0.1) is 0 Å².